The van der Waals surface area contributed by atoms with Crippen molar-refractivity contribution in [2.45, 2.75) is 26.2 Å². The van der Waals surface area contributed by atoms with Crippen LogP contribution >= 0.6 is 0 Å². The van der Waals surface area contributed by atoms with Crippen molar-refractivity contribution in [3.63, 3.8) is 0 Å². The van der Waals surface area contributed by atoms with Gasteiger partial charge in [0.25, 0.3) is 10.2 Å². The van der Waals surface area contributed by atoms with E-state index in [-0.39, 0.29) is 0 Å². The minimum absolute atomic E-state index is 0.304. The second kappa shape index (κ2) is 11.1. The number of hydrogen-bond acceptors (Lipinski definition) is 2. The van der Waals surface area contributed by atoms with Crippen LogP contribution < -0.4 is 0 Å². The molecule has 0 amide bonds. The fourth-order valence-corrected chi connectivity index (χ4v) is 5.33. The van der Waals surface area contributed by atoms with E-state index < -0.39 is 10.2 Å². The third-order valence-electron chi connectivity index (χ3n) is 5.46. The monoisotopic (exact) mass is 456 g/mol. The van der Waals surface area contributed by atoms with Gasteiger partial charge in [-0.05, 0) is 22.3 Å². The quantitative estimate of drug-likeness (QED) is 0.310. The minimum Gasteiger partial charge on any atom is -0.195 e. The number of hydrogen-bond donors (Lipinski definition) is 0. The molecule has 168 valence electrons. The summed E-state index contributed by atoms with van der Waals surface area (Å²) in [5.74, 6) is 0. The van der Waals surface area contributed by atoms with E-state index in [2.05, 4.69) is 0 Å². The third-order valence-corrected chi connectivity index (χ3v) is 7.28. The zero-order chi connectivity index (χ0) is 22.9. The molecule has 4 nitrogen and oxygen atoms in total. The van der Waals surface area contributed by atoms with E-state index in [9.17, 15) is 8.42 Å². The Kier molecular flexibility index (Phi) is 7.68. The van der Waals surface area contributed by atoms with E-state index in [4.69, 9.17) is 0 Å². The van der Waals surface area contributed by atoms with Crippen LogP contribution in [0.3, 0.4) is 0 Å². The van der Waals surface area contributed by atoms with Gasteiger partial charge in [-0.3, -0.25) is 0 Å². The molecular weight excluding hydrogens is 428 g/mol. The molecule has 0 N–H and O–H groups in total. The highest BCUT2D eigenvalue weighted by atomic mass is 32.2. The molecule has 0 saturated carbocycles. The highest BCUT2D eigenvalue weighted by Gasteiger charge is 2.30. The fourth-order valence-electron chi connectivity index (χ4n) is 3.75. The van der Waals surface area contributed by atoms with Crippen molar-refractivity contribution in [3.05, 3.63) is 144 Å². The standard InChI is InChI=1S/C28H28N2O2S/c31-33(32,29(21-25-13-5-1-6-14-25)22-26-15-7-2-8-16-26)30(23-27-17-9-3-10-18-27)24-28-19-11-4-12-20-28/h1-20H,21-24H2. The van der Waals surface area contributed by atoms with Crippen LogP contribution in [0.1, 0.15) is 22.3 Å². The summed E-state index contributed by atoms with van der Waals surface area (Å²) in [4.78, 5) is 0. The predicted octanol–water partition coefficient (Wildman–Crippen LogP) is 5.64. The van der Waals surface area contributed by atoms with Gasteiger partial charge < -0.3 is 0 Å². The average Bonchev–Trinajstić information content (AvgIpc) is 2.86. The predicted molar refractivity (Wildman–Crippen MR) is 133 cm³/mol. The molecule has 0 aliphatic carbocycles. The first-order valence-corrected chi connectivity index (χ1v) is 12.4. The Bertz CT molecular complexity index is 1040. The van der Waals surface area contributed by atoms with Crippen molar-refractivity contribution in [3.8, 4) is 0 Å². The zero-order valence-electron chi connectivity index (χ0n) is 18.5. The second-order valence-electron chi connectivity index (χ2n) is 7.99. The summed E-state index contributed by atoms with van der Waals surface area (Å²) in [5, 5.41) is 0. The summed E-state index contributed by atoms with van der Waals surface area (Å²) in [6, 6.07) is 39.0. The Morgan fingerprint density at radius 2 is 0.606 bits per heavy atom. The summed E-state index contributed by atoms with van der Waals surface area (Å²) in [7, 11) is -3.79. The van der Waals surface area contributed by atoms with Crippen LogP contribution in [0.4, 0.5) is 0 Å². The fraction of sp³-hybridized carbons (Fsp3) is 0.143. The maximum Gasteiger partial charge on any atom is 0.283 e. The SMILES string of the molecule is O=S(=O)(N(Cc1ccccc1)Cc1ccccc1)N(Cc1ccccc1)Cc1ccccc1. The van der Waals surface area contributed by atoms with Gasteiger partial charge in [0, 0.05) is 26.2 Å². The topological polar surface area (TPSA) is 40.6 Å². The lowest BCUT2D eigenvalue weighted by Crippen LogP contribution is -2.42. The molecular formula is C28H28N2O2S. The van der Waals surface area contributed by atoms with Crippen LogP contribution in [0.2, 0.25) is 0 Å². The highest BCUT2D eigenvalue weighted by Crippen LogP contribution is 2.22. The molecule has 0 atom stereocenters. The van der Waals surface area contributed by atoms with Crippen molar-refractivity contribution in [2.24, 2.45) is 0 Å². The van der Waals surface area contributed by atoms with E-state index in [0.717, 1.165) is 22.3 Å². The molecule has 4 aromatic rings. The van der Waals surface area contributed by atoms with Gasteiger partial charge in [0.2, 0.25) is 0 Å². The molecule has 4 aromatic carbocycles. The van der Waals surface area contributed by atoms with Crippen molar-refractivity contribution < 1.29 is 8.42 Å². The van der Waals surface area contributed by atoms with Crippen LogP contribution in [0.25, 0.3) is 0 Å². The molecule has 0 bridgehead atoms. The third kappa shape index (κ3) is 6.39. The first-order chi connectivity index (χ1) is 16.1. The first-order valence-electron chi connectivity index (χ1n) is 11.0. The van der Waals surface area contributed by atoms with Crippen molar-refractivity contribution >= 4 is 10.2 Å². The Hall–Kier alpha value is -3.25. The van der Waals surface area contributed by atoms with Crippen molar-refractivity contribution in [1.82, 2.24) is 8.61 Å². The van der Waals surface area contributed by atoms with Crippen LogP contribution in [-0.2, 0) is 36.4 Å². The normalized spacial score (nSPS) is 11.7. The number of benzene rings is 4. The summed E-state index contributed by atoms with van der Waals surface area (Å²) in [5.41, 5.74) is 3.82. The van der Waals surface area contributed by atoms with Gasteiger partial charge in [0.1, 0.15) is 0 Å². The Morgan fingerprint density at radius 1 is 0.394 bits per heavy atom. The molecule has 33 heavy (non-hydrogen) atoms. The molecule has 0 radical (unpaired) electrons. The summed E-state index contributed by atoms with van der Waals surface area (Å²) >= 11 is 0. The number of nitrogens with zero attached hydrogens (tertiary/aromatic N) is 2. The lowest BCUT2D eigenvalue weighted by molar-refractivity contribution is 0.319. The molecule has 4 rings (SSSR count). The molecule has 5 heteroatoms. The molecule has 0 aromatic heterocycles. The maximum absolute atomic E-state index is 14.1. The second-order valence-corrected chi connectivity index (χ2v) is 9.91. The average molecular weight is 457 g/mol. The molecule has 0 aliphatic heterocycles. The van der Waals surface area contributed by atoms with Gasteiger partial charge in [-0.1, -0.05) is 121 Å². The maximum atomic E-state index is 14.1. The van der Waals surface area contributed by atoms with Crippen molar-refractivity contribution in [2.75, 3.05) is 0 Å². The van der Waals surface area contributed by atoms with E-state index in [0.29, 0.717) is 26.2 Å². The van der Waals surface area contributed by atoms with E-state index in [1.807, 2.05) is 121 Å². The molecule has 0 aliphatic rings. The van der Waals surface area contributed by atoms with Crippen LogP contribution in [0, 0.1) is 0 Å². The van der Waals surface area contributed by atoms with E-state index >= 15 is 0 Å². The molecule has 0 saturated heterocycles. The summed E-state index contributed by atoms with van der Waals surface area (Å²) in [6.45, 7) is 1.21. The van der Waals surface area contributed by atoms with Crippen LogP contribution in [-0.4, -0.2) is 17.0 Å². The first kappa shape index (κ1) is 22.9. The van der Waals surface area contributed by atoms with Gasteiger partial charge in [-0.25, -0.2) is 0 Å². The van der Waals surface area contributed by atoms with Crippen LogP contribution in [0.15, 0.2) is 121 Å². The van der Waals surface area contributed by atoms with Gasteiger partial charge in [0.05, 0.1) is 0 Å². The largest absolute Gasteiger partial charge is 0.283 e. The Balaban J connectivity index is 1.69. The lowest BCUT2D eigenvalue weighted by Gasteiger charge is -2.30. The van der Waals surface area contributed by atoms with E-state index in [1.165, 1.54) is 0 Å². The molecule has 0 unspecified atom stereocenters. The van der Waals surface area contributed by atoms with Crippen molar-refractivity contribution in [1.29, 1.82) is 0 Å². The van der Waals surface area contributed by atoms with Gasteiger partial charge in [-0.15, -0.1) is 0 Å². The van der Waals surface area contributed by atoms with Gasteiger partial charge >= 0.3 is 0 Å². The summed E-state index contributed by atoms with van der Waals surface area (Å²) < 4.78 is 31.3. The Morgan fingerprint density at radius 3 is 0.818 bits per heavy atom. The van der Waals surface area contributed by atoms with Gasteiger partial charge in [0.15, 0.2) is 0 Å². The minimum atomic E-state index is -3.79. The Labute approximate surface area is 196 Å². The molecule has 0 spiro atoms. The van der Waals surface area contributed by atoms with Gasteiger partial charge in [-0.2, -0.15) is 17.0 Å². The van der Waals surface area contributed by atoms with E-state index in [1.54, 1.807) is 8.61 Å². The molecule has 0 heterocycles. The number of rotatable bonds is 10. The summed E-state index contributed by atoms with van der Waals surface area (Å²) in [6.07, 6.45) is 0. The lowest BCUT2D eigenvalue weighted by atomic mass is 10.2. The zero-order valence-corrected chi connectivity index (χ0v) is 19.3. The molecule has 0 fully saturated rings. The highest BCUT2D eigenvalue weighted by molar-refractivity contribution is 7.86. The van der Waals surface area contributed by atoms with Crippen LogP contribution in [0.5, 0.6) is 0 Å². The smallest absolute Gasteiger partial charge is 0.195 e.